The summed E-state index contributed by atoms with van der Waals surface area (Å²) in [5.41, 5.74) is -0.0628. The number of alkyl halides is 2. The minimum atomic E-state index is -2.87. The van der Waals surface area contributed by atoms with E-state index in [4.69, 9.17) is 9.31 Å². The average Bonchev–Trinajstić information content (AvgIpc) is 3.12. The third-order valence-electron chi connectivity index (χ3n) is 6.35. The molecule has 1 aliphatic carbocycles. The van der Waals surface area contributed by atoms with Crippen molar-refractivity contribution < 1.29 is 18.1 Å². The summed E-state index contributed by atoms with van der Waals surface area (Å²) in [6, 6.07) is 11.6. The number of rotatable bonds is 2. The lowest BCUT2D eigenvalue weighted by Crippen LogP contribution is -2.41. The number of pyridine rings is 1. The summed E-state index contributed by atoms with van der Waals surface area (Å²) in [5, 5.41) is 1.25. The van der Waals surface area contributed by atoms with Crippen LogP contribution in [0, 0.1) is 0 Å². The third kappa shape index (κ3) is 2.61. The minimum Gasteiger partial charge on any atom is -0.399 e. The Balaban J connectivity index is 1.58. The summed E-state index contributed by atoms with van der Waals surface area (Å²) in [6.45, 7) is 7.89. The Morgan fingerprint density at radius 1 is 0.897 bits per heavy atom. The van der Waals surface area contributed by atoms with Crippen LogP contribution in [-0.4, -0.2) is 22.9 Å². The summed E-state index contributed by atoms with van der Waals surface area (Å²) in [7, 11) is -0.580. The van der Waals surface area contributed by atoms with Gasteiger partial charge in [0, 0.05) is 28.4 Å². The number of benzene rings is 2. The Hall–Kier alpha value is -2.51. The molecule has 0 unspecified atom stereocenters. The Bertz CT molecular complexity index is 1220. The molecule has 1 saturated heterocycles. The molecule has 0 N–H and O–H groups in total. The molecule has 0 bridgehead atoms. The summed E-state index contributed by atoms with van der Waals surface area (Å²) in [4.78, 5) is 13.1. The van der Waals surface area contributed by atoms with Gasteiger partial charge in [-0.1, -0.05) is 18.2 Å². The normalized spacial score (nSPS) is 20.7. The van der Waals surface area contributed by atoms with Crippen LogP contribution < -0.4 is 11.0 Å². The number of halogens is 2. The fraction of sp³-hybridized carbons (Fsp3) is 0.318. The highest BCUT2D eigenvalue weighted by molar-refractivity contribution is 6.62. The van der Waals surface area contributed by atoms with Gasteiger partial charge in [-0.15, -0.1) is 0 Å². The first-order valence-corrected chi connectivity index (χ1v) is 9.55. The van der Waals surface area contributed by atoms with Gasteiger partial charge in [0.2, 0.25) is 0 Å². The molecule has 0 atom stereocenters. The zero-order valence-electron chi connectivity index (χ0n) is 16.6. The summed E-state index contributed by atoms with van der Waals surface area (Å²) in [5.74, 6) is -2.87. The van der Waals surface area contributed by atoms with Crippen LogP contribution in [0.1, 0.15) is 38.8 Å². The molecule has 1 aliphatic heterocycles. The van der Waals surface area contributed by atoms with E-state index in [0.717, 1.165) is 10.8 Å². The molecule has 2 aliphatic rings. The highest BCUT2D eigenvalue weighted by Crippen LogP contribution is 2.53. The van der Waals surface area contributed by atoms with Gasteiger partial charge in [-0.2, -0.15) is 8.78 Å². The van der Waals surface area contributed by atoms with Crippen molar-refractivity contribution in [2.24, 2.45) is 0 Å². The molecule has 7 heteroatoms. The van der Waals surface area contributed by atoms with Gasteiger partial charge in [0.15, 0.2) is 0 Å². The van der Waals surface area contributed by atoms with Crippen LogP contribution >= 0.6 is 0 Å². The molecule has 0 saturated carbocycles. The molecular weight excluding hydrogens is 375 g/mol. The standard InChI is InChI=1S/C22H20BF2NO3/c1-20(2)21(3,4)29-23(28-20)14-6-5-13-9-10-26(19(27)16(13)11-14)15-7-8-17-18(12-15)22(17,24)25/h5-12H,1-4H3. The van der Waals surface area contributed by atoms with Gasteiger partial charge in [0.1, 0.15) is 0 Å². The predicted molar refractivity (Wildman–Crippen MR) is 108 cm³/mol. The second-order valence-electron chi connectivity index (χ2n) is 8.73. The monoisotopic (exact) mass is 395 g/mol. The fourth-order valence-electron chi connectivity index (χ4n) is 3.73. The van der Waals surface area contributed by atoms with Gasteiger partial charge < -0.3 is 9.31 Å². The van der Waals surface area contributed by atoms with Crippen LogP contribution in [0.3, 0.4) is 0 Å². The van der Waals surface area contributed by atoms with Crippen LogP contribution in [0.25, 0.3) is 16.5 Å². The van der Waals surface area contributed by atoms with Crippen molar-refractivity contribution >= 4 is 23.4 Å². The van der Waals surface area contributed by atoms with E-state index < -0.39 is 24.2 Å². The second kappa shape index (κ2) is 5.55. The number of hydrogen-bond acceptors (Lipinski definition) is 3. The van der Waals surface area contributed by atoms with Gasteiger partial charge in [0.25, 0.3) is 11.5 Å². The van der Waals surface area contributed by atoms with Gasteiger partial charge in [0.05, 0.1) is 11.2 Å². The molecular formula is C22H20BF2NO3. The zero-order chi connectivity index (χ0) is 20.8. The van der Waals surface area contributed by atoms with E-state index in [-0.39, 0.29) is 16.7 Å². The Morgan fingerprint density at radius 2 is 1.59 bits per heavy atom. The van der Waals surface area contributed by atoms with Crippen LogP contribution in [-0.2, 0) is 15.2 Å². The Labute approximate surface area is 167 Å². The molecule has 2 heterocycles. The quantitative estimate of drug-likeness (QED) is 0.621. The summed E-state index contributed by atoms with van der Waals surface area (Å²) < 4.78 is 40.8. The van der Waals surface area contributed by atoms with Crippen molar-refractivity contribution in [3.63, 3.8) is 0 Å². The smallest absolute Gasteiger partial charge is 0.399 e. The summed E-state index contributed by atoms with van der Waals surface area (Å²) in [6.07, 6.45) is 1.61. The average molecular weight is 395 g/mol. The molecule has 4 nitrogen and oxygen atoms in total. The van der Waals surface area contributed by atoms with Crippen LogP contribution in [0.5, 0.6) is 0 Å². The molecule has 29 heavy (non-hydrogen) atoms. The van der Waals surface area contributed by atoms with Crippen LogP contribution in [0.4, 0.5) is 8.78 Å². The maximum atomic E-state index is 13.6. The first kappa shape index (κ1) is 18.5. The van der Waals surface area contributed by atoms with Crippen molar-refractivity contribution in [3.8, 4) is 5.69 Å². The lowest BCUT2D eigenvalue weighted by molar-refractivity contribution is 0.00578. The lowest BCUT2D eigenvalue weighted by atomic mass is 9.78. The topological polar surface area (TPSA) is 40.5 Å². The van der Waals surface area contributed by atoms with Crippen LogP contribution in [0.15, 0.2) is 53.5 Å². The number of aromatic nitrogens is 1. The zero-order valence-corrected chi connectivity index (χ0v) is 16.6. The van der Waals surface area contributed by atoms with Crippen molar-refractivity contribution in [2.75, 3.05) is 0 Å². The first-order chi connectivity index (χ1) is 13.5. The highest BCUT2D eigenvalue weighted by atomic mass is 19.3. The molecule has 1 aromatic heterocycles. The molecule has 0 amide bonds. The van der Waals surface area contributed by atoms with Gasteiger partial charge in [-0.3, -0.25) is 9.36 Å². The molecule has 0 spiro atoms. The maximum absolute atomic E-state index is 13.6. The van der Waals surface area contributed by atoms with Gasteiger partial charge >= 0.3 is 7.12 Å². The minimum absolute atomic E-state index is 0.0204. The lowest BCUT2D eigenvalue weighted by Gasteiger charge is -2.32. The van der Waals surface area contributed by atoms with Crippen molar-refractivity contribution in [1.29, 1.82) is 0 Å². The third-order valence-corrected chi connectivity index (χ3v) is 6.35. The number of fused-ring (bicyclic) bond motifs is 2. The van der Waals surface area contributed by atoms with E-state index in [0.29, 0.717) is 11.1 Å². The SMILES string of the molecule is CC1(C)OB(c2ccc3ccn(-c4ccc5c(c4)C5(F)F)c(=O)c3c2)OC1(C)C. The number of nitrogens with zero attached hydrogens (tertiary/aromatic N) is 1. The van der Waals surface area contributed by atoms with Crippen molar-refractivity contribution in [2.45, 2.75) is 44.8 Å². The van der Waals surface area contributed by atoms with Gasteiger partial charge in [-0.25, -0.2) is 0 Å². The first-order valence-electron chi connectivity index (χ1n) is 9.55. The van der Waals surface area contributed by atoms with Crippen molar-refractivity contribution in [1.82, 2.24) is 4.57 Å². The molecule has 0 radical (unpaired) electrons. The van der Waals surface area contributed by atoms with E-state index in [1.165, 1.54) is 16.7 Å². The van der Waals surface area contributed by atoms with E-state index in [2.05, 4.69) is 0 Å². The van der Waals surface area contributed by atoms with E-state index >= 15 is 0 Å². The predicted octanol–water partition coefficient (Wildman–Crippen LogP) is 3.74. The molecule has 148 valence electrons. The molecule has 1 fully saturated rings. The maximum Gasteiger partial charge on any atom is 0.494 e. The van der Waals surface area contributed by atoms with Gasteiger partial charge in [-0.05, 0) is 62.8 Å². The van der Waals surface area contributed by atoms with Crippen molar-refractivity contribution in [3.05, 3.63) is 70.1 Å². The van der Waals surface area contributed by atoms with E-state index in [1.54, 1.807) is 24.4 Å². The fourth-order valence-corrected chi connectivity index (χ4v) is 3.73. The second-order valence-corrected chi connectivity index (χ2v) is 8.73. The summed E-state index contributed by atoms with van der Waals surface area (Å²) >= 11 is 0. The molecule has 5 rings (SSSR count). The van der Waals surface area contributed by atoms with E-state index in [1.807, 2.05) is 39.8 Å². The molecule has 3 aromatic rings. The highest BCUT2D eigenvalue weighted by Gasteiger charge is 2.53. The Kier molecular flexibility index (Phi) is 3.54. The van der Waals surface area contributed by atoms with Crippen LogP contribution in [0.2, 0.25) is 0 Å². The van der Waals surface area contributed by atoms with E-state index in [9.17, 15) is 13.6 Å². The largest absolute Gasteiger partial charge is 0.494 e. The Morgan fingerprint density at radius 3 is 2.24 bits per heavy atom. The molecule has 2 aromatic carbocycles. The number of hydrogen-bond donors (Lipinski definition) is 0.